The maximum absolute atomic E-state index is 0. The molecule has 0 rings (SSSR count). The second-order valence-corrected chi connectivity index (χ2v) is 0. The van der Waals surface area contributed by atoms with Gasteiger partial charge in [-0.15, -0.1) is 0 Å². The molecule has 0 aliphatic rings. The van der Waals surface area contributed by atoms with Crippen LogP contribution in [0.5, 0.6) is 0 Å². The second-order valence-electron chi connectivity index (χ2n) is 0. The Morgan fingerprint density at radius 2 is 1.00 bits per heavy atom. The van der Waals surface area contributed by atoms with Crippen molar-refractivity contribution in [1.82, 2.24) is 0 Å². The van der Waals surface area contributed by atoms with Crippen LogP contribution in [-0.2, 0) is 97.1 Å². The van der Waals surface area contributed by atoms with Crippen molar-refractivity contribution in [2.45, 2.75) is 0 Å². The summed E-state index contributed by atoms with van der Waals surface area (Å²) >= 11 is 0. The smallest absolute Gasteiger partial charge is 0 e. The minimum absolute atomic E-state index is 0. The van der Waals surface area contributed by atoms with Gasteiger partial charge in [-0.25, -0.2) is 0 Å². The van der Waals surface area contributed by atoms with Gasteiger partial charge in [-0.05, 0) is 0 Å². The van der Waals surface area contributed by atoms with E-state index in [2.05, 4.69) is 0 Å². The number of hydrogen-bond acceptors (Lipinski definition) is 0. The molecule has 34 valence electrons. The molecule has 0 aliphatic heterocycles. The summed E-state index contributed by atoms with van der Waals surface area (Å²) in [5.74, 6) is 0. The van der Waals surface area contributed by atoms with Crippen molar-refractivity contribution < 1.29 is 97.1 Å². The van der Waals surface area contributed by atoms with Gasteiger partial charge >= 0.3 is 0 Å². The van der Waals surface area contributed by atoms with Crippen molar-refractivity contribution in [3.8, 4) is 0 Å². The van der Waals surface area contributed by atoms with Crippen LogP contribution in [-0.4, -0.2) is 27.3 Å². The molecule has 0 aromatic carbocycles. The molecule has 0 unspecified atom stereocenters. The zero-order chi connectivity index (χ0) is 0. The summed E-state index contributed by atoms with van der Waals surface area (Å²) in [5.41, 5.74) is 0. The zero-order valence-electron chi connectivity index (χ0n) is 2.94. The SMILES string of the molecule is [Cd].[Co].[Mn].[Ni].[Pb].[Zn]. The summed E-state index contributed by atoms with van der Waals surface area (Å²) in [4.78, 5) is 0. The van der Waals surface area contributed by atoms with Crippen molar-refractivity contribution in [3.63, 3.8) is 0 Å². The Balaban J connectivity index is 0. The summed E-state index contributed by atoms with van der Waals surface area (Å²) in [6, 6.07) is 0. The van der Waals surface area contributed by atoms with E-state index in [1.54, 1.807) is 0 Å². The first-order chi connectivity index (χ1) is 0. The molecule has 0 heterocycles. The number of hydrogen-bond donors (Lipinski definition) is 0. The molecule has 0 saturated heterocycles. The molecule has 0 aromatic rings. The van der Waals surface area contributed by atoms with E-state index in [0.717, 1.165) is 0 Å². The first kappa shape index (κ1) is 50.7. The fourth-order valence-electron chi connectivity index (χ4n) is 0. The average molecular weight is 558 g/mol. The Morgan fingerprint density at radius 3 is 1.00 bits per heavy atom. The van der Waals surface area contributed by atoms with Gasteiger partial charge in [0.15, 0.2) is 0 Å². The van der Waals surface area contributed by atoms with Gasteiger partial charge < -0.3 is 0 Å². The van der Waals surface area contributed by atoms with Gasteiger partial charge in [0, 0.05) is 124 Å². The van der Waals surface area contributed by atoms with E-state index in [-0.39, 0.29) is 124 Å². The van der Waals surface area contributed by atoms with Crippen LogP contribution in [0.25, 0.3) is 0 Å². The molecule has 0 spiro atoms. The maximum atomic E-state index is 0. The standard InChI is InChI=1S/Cd.Co.Mn.Ni.Pb.Zn. The van der Waals surface area contributed by atoms with E-state index in [1.807, 2.05) is 0 Å². The normalized spacial score (nSPS) is 0. The quantitative estimate of drug-likeness (QED) is 0.356. The first-order valence-corrected chi connectivity index (χ1v) is 0. The molecule has 6 heteroatoms. The third-order valence-electron chi connectivity index (χ3n) is 0. The van der Waals surface area contributed by atoms with Crippen molar-refractivity contribution in [3.05, 3.63) is 0 Å². The van der Waals surface area contributed by atoms with Crippen LogP contribution < -0.4 is 0 Å². The van der Waals surface area contributed by atoms with Crippen molar-refractivity contribution in [1.29, 1.82) is 0 Å². The largest absolute Gasteiger partial charge is 0 e. The van der Waals surface area contributed by atoms with E-state index in [0.29, 0.717) is 0 Å². The van der Waals surface area contributed by atoms with Crippen LogP contribution >= 0.6 is 0 Å². The third kappa shape index (κ3) is 24.5. The van der Waals surface area contributed by atoms with Gasteiger partial charge in [-0.3, -0.25) is 0 Å². The second kappa shape index (κ2) is 36.1. The van der Waals surface area contributed by atoms with Crippen molar-refractivity contribution in [2.24, 2.45) is 0 Å². The Kier molecular flexibility index (Phi) is 305. The van der Waals surface area contributed by atoms with Gasteiger partial charge in [0.05, 0.1) is 0 Å². The van der Waals surface area contributed by atoms with Crippen molar-refractivity contribution in [2.75, 3.05) is 0 Å². The summed E-state index contributed by atoms with van der Waals surface area (Å²) in [5, 5.41) is 0. The molecule has 0 saturated carbocycles. The molecule has 0 bridgehead atoms. The van der Waals surface area contributed by atoms with Crippen LogP contribution in [0.1, 0.15) is 0 Å². The van der Waals surface area contributed by atoms with Crippen LogP contribution in [0, 0.1) is 0 Å². The molecule has 6 radical (unpaired) electrons. The minimum atomic E-state index is 0. The Labute approximate surface area is 122 Å². The van der Waals surface area contributed by atoms with E-state index < -0.39 is 0 Å². The van der Waals surface area contributed by atoms with Crippen LogP contribution in [0.2, 0.25) is 0 Å². The van der Waals surface area contributed by atoms with Crippen LogP contribution in [0.15, 0.2) is 0 Å². The monoisotopic (exact) mass is 558 g/mol. The average Bonchev–Trinajstić information content (AvgIpc) is 0. The Morgan fingerprint density at radius 1 is 1.00 bits per heavy atom. The van der Waals surface area contributed by atoms with Gasteiger partial charge in [-0.2, -0.15) is 0 Å². The van der Waals surface area contributed by atoms with Crippen LogP contribution in [0.3, 0.4) is 0 Å². The third-order valence-corrected chi connectivity index (χ3v) is 0. The van der Waals surface area contributed by atoms with E-state index >= 15 is 0 Å². The molecule has 0 N–H and O–H groups in total. The summed E-state index contributed by atoms with van der Waals surface area (Å²) in [6.45, 7) is 0. The van der Waals surface area contributed by atoms with E-state index in [4.69, 9.17) is 0 Å². The Bertz CT molecular complexity index is 15.5. The Hall–Kier alpha value is 3.99. The van der Waals surface area contributed by atoms with Gasteiger partial charge in [0.1, 0.15) is 0 Å². The molecule has 0 nitrogen and oxygen atoms in total. The minimum Gasteiger partial charge on any atom is 0 e. The maximum Gasteiger partial charge on any atom is 0 e. The van der Waals surface area contributed by atoms with Gasteiger partial charge in [0.25, 0.3) is 0 Å². The fraction of sp³-hybridized carbons (Fsp3) is 0. The molecule has 0 amide bonds. The summed E-state index contributed by atoms with van der Waals surface area (Å²) in [6.07, 6.45) is 0. The van der Waals surface area contributed by atoms with E-state index in [9.17, 15) is 0 Å². The summed E-state index contributed by atoms with van der Waals surface area (Å²) < 4.78 is 0. The van der Waals surface area contributed by atoms with Gasteiger partial charge in [0.2, 0.25) is 0 Å². The molecule has 0 fully saturated rings. The van der Waals surface area contributed by atoms with Gasteiger partial charge in [-0.1, -0.05) is 0 Å². The summed E-state index contributed by atoms with van der Waals surface area (Å²) in [7, 11) is 0. The number of rotatable bonds is 0. The molecule has 0 aliphatic carbocycles. The molecule has 0 aromatic heterocycles. The topological polar surface area (TPSA) is 0 Å². The molecule has 6 heavy (non-hydrogen) atoms. The molecular weight excluding hydrogens is 558 g/mol. The zero-order valence-corrected chi connectivity index (χ0v) is 17.0. The molecule has 0 atom stereocenters. The predicted molar refractivity (Wildman–Crippen MR) is 5.75 cm³/mol. The molecular formula is CdCoMnNiPbZn. The predicted octanol–water partition coefficient (Wildman–Crippen LogP) is -0.393. The fourth-order valence-corrected chi connectivity index (χ4v) is 0. The van der Waals surface area contributed by atoms with Crippen LogP contribution in [0.4, 0.5) is 0 Å². The first-order valence-electron chi connectivity index (χ1n) is 0. The van der Waals surface area contributed by atoms with E-state index in [1.165, 1.54) is 0 Å². The van der Waals surface area contributed by atoms with Crippen molar-refractivity contribution >= 4 is 27.3 Å².